The van der Waals surface area contributed by atoms with Crippen molar-refractivity contribution in [3.05, 3.63) is 0 Å². The van der Waals surface area contributed by atoms with Crippen LogP contribution in [-0.2, 0) is 14.3 Å². The Morgan fingerprint density at radius 1 is 1.00 bits per heavy atom. The van der Waals surface area contributed by atoms with Crippen LogP contribution >= 0.6 is 0 Å². The Morgan fingerprint density at radius 2 is 1.61 bits per heavy atom. The average molecular weight is 321 g/mol. The minimum Gasteiger partial charge on any atom is -0.466 e. The zero-order chi connectivity index (χ0) is 16.3. The first-order chi connectivity index (χ1) is 11.1. The standard InChI is InChI=1S/C19H31NO3/c1-2-3-7-23-18(22)6-4-5-17(21)20-19-11-14-8-15(12-19)10-16(9-14)13-19/h14-16H,2-13H2,1H3,(H,20,21). The van der Waals surface area contributed by atoms with Gasteiger partial charge in [-0.3, -0.25) is 9.59 Å². The van der Waals surface area contributed by atoms with Crippen molar-refractivity contribution in [3.8, 4) is 0 Å². The van der Waals surface area contributed by atoms with Crippen LogP contribution in [0.5, 0.6) is 0 Å². The molecule has 4 bridgehead atoms. The van der Waals surface area contributed by atoms with Crippen LogP contribution in [0.25, 0.3) is 0 Å². The summed E-state index contributed by atoms with van der Waals surface area (Å²) in [6.07, 6.45) is 11.1. The number of rotatable bonds is 8. The number of esters is 1. The molecule has 0 aliphatic heterocycles. The summed E-state index contributed by atoms with van der Waals surface area (Å²) in [5, 5.41) is 3.36. The number of hydrogen-bond donors (Lipinski definition) is 1. The Morgan fingerprint density at radius 3 is 2.17 bits per heavy atom. The lowest BCUT2D eigenvalue weighted by Crippen LogP contribution is -2.59. The van der Waals surface area contributed by atoms with Gasteiger partial charge < -0.3 is 10.1 Å². The second-order valence-electron chi connectivity index (χ2n) is 8.17. The molecule has 23 heavy (non-hydrogen) atoms. The number of nitrogens with one attached hydrogen (secondary N) is 1. The number of carbonyl (C=O) groups excluding carboxylic acids is 2. The minimum absolute atomic E-state index is 0.0907. The molecule has 4 aliphatic rings. The second kappa shape index (κ2) is 7.23. The summed E-state index contributed by atoms with van der Waals surface area (Å²) in [5.74, 6) is 2.50. The molecule has 0 saturated heterocycles. The fourth-order valence-electron chi connectivity index (χ4n) is 5.42. The predicted molar refractivity (Wildman–Crippen MR) is 88.8 cm³/mol. The molecule has 1 N–H and O–H groups in total. The smallest absolute Gasteiger partial charge is 0.305 e. The van der Waals surface area contributed by atoms with Gasteiger partial charge in [0.05, 0.1) is 6.61 Å². The highest BCUT2D eigenvalue weighted by molar-refractivity contribution is 5.77. The summed E-state index contributed by atoms with van der Waals surface area (Å²) in [5.41, 5.74) is 0.0907. The maximum atomic E-state index is 12.3. The summed E-state index contributed by atoms with van der Waals surface area (Å²) >= 11 is 0. The summed E-state index contributed by atoms with van der Waals surface area (Å²) in [7, 11) is 0. The van der Waals surface area contributed by atoms with E-state index in [-0.39, 0.29) is 17.4 Å². The third-order valence-electron chi connectivity index (χ3n) is 5.99. The molecular weight excluding hydrogens is 290 g/mol. The molecule has 0 aromatic heterocycles. The van der Waals surface area contributed by atoms with Gasteiger partial charge in [-0.25, -0.2) is 0 Å². The van der Waals surface area contributed by atoms with Gasteiger partial charge in [-0.05, 0) is 69.1 Å². The number of unbranched alkanes of at least 4 members (excludes halogenated alkanes) is 1. The first-order valence-corrected chi connectivity index (χ1v) is 9.55. The van der Waals surface area contributed by atoms with Crippen molar-refractivity contribution in [2.24, 2.45) is 17.8 Å². The van der Waals surface area contributed by atoms with Gasteiger partial charge in [0.15, 0.2) is 0 Å². The summed E-state index contributed by atoms with van der Waals surface area (Å²) in [6, 6.07) is 0. The van der Waals surface area contributed by atoms with E-state index >= 15 is 0 Å². The van der Waals surface area contributed by atoms with Crippen LogP contribution in [-0.4, -0.2) is 24.0 Å². The highest BCUT2D eigenvalue weighted by atomic mass is 16.5. The largest absolute Gasteiger partial charge is 0.466 e. The van der Waals surface area contributed by atoms with Gasteiger partial charge in [-0.15, -0.1) is 0 Å². The highest BCUT2D eigenvalue weighted by Crippen LogP contribution is 2.55. The number of carbonyl (C=O) groups is 2. The molecular formula is C19H31NO3. The Hall–Kier alpha value is -1.06. The van der Waals surface area contributed by atoms with Crippen molar-refractivity contribution in [1.82, 2.24) is 5.32 Å². The van der Waals surface area contributed by atoms with E-state index < -0.39 is 0 Å². The molecule has 1 amide bonds. The fraction of sp³-hybridized carbons (Fsp3) is 0.895. The van der Waals surface area contributed by atoms with Gasteiger partial charge in [0, 0.05) is 18.4 Å². The van der Waals surface area contributed by atoms with Crippen LogP contribution in [0.3, 0.4) is 0 Å². The molecule has 4 fully saturated rings. The Balaban J connectivity index is 1.37. The van der Waals surface area contributed by atoms with E-state index in [2.05, 4.69) is 12.2 Å². The second-order valence-corrected chi connectivity index (χ2v) is 8.17. The zero-order valence-corrected chi connectivity index (χ0v) is 14.4. The van der Waals surface area contributed by atoms with E-state index in [1.807, 2.05) is 0 Å². The van der Waals surface area contributed by atoms with Gasteiger partial charge in [-0.2, -0.15) is 0 Å². The van der Waals surface area contributed by atoms with Crippen LogP contribution in [0.1, 0.15) is 77.6 Å². The minimum atomic E-state index is -0.166. The van der Waals surface area contributed by atoms with Crippen LogP contribution in [0.4, 0.5) is 0 Å². The molecule has 4 saturated carbocycles. The predicted octanol–water partition coefficient (Wildman–Crippen LogP) is 3.59. The topological polar surface area (TPSA) is 55.4 Å². The average Bonchev–Trinajstić information content (AvgIpc) is 2.45. The highest BCUT2D eigenvalue weighted by Gasteiger charge is 2.51. The SMILES string of the molecule is CCCCOC(=O)CCCC(=O)NC12CC3CC(CC(C3)C1)C2. The first kappa shape index (κ1) is 16.8. The molecule has 4 nitrogen and oxygen atoms in total. The van der Waals surface area contributed by atoms with Crippen molar-refractivity contribution in [2.45, 2.75) is 83.1 Å². The fourth-order valence-corrected chi connectivity index (χ4v) is 5.42. The van der Waals surface area contributed by atoms with Crippen LogP contribution in [0.15, 0.2) is 0 Å². The molecule has 0 unspecified atom stereocenters. The number of hydrogen-bond acceptors (Lipinski definition) is 3. The van der Waals surface area contributed by atoms with Gasteiger partial charge in [0.1, 0.15) is 0 Å². The molecule has 130 valence electrons. The van der Waals surface area contributed by atoms with Crippen molar-refractivity contribution in [3.63, 3.8) is 0 Å². The van der Waals surface area contributed by atoms with E-state index in [1.165, 1.54) is 38.5 Å². The van der Waals surface area contributed by atoms with Gasteiger partial charge in [0.2, 0.25) is 5.91 Å². The quantitative estimate of drug-likeness (QED) is 0.549. The van der Waals surface area contributed by atoms with E-state index in [9.17, 15) is 9.59 Å². The van der Waals surface area contributed by atoms with Crippen molar-refractivity contribution < 1.29 is 14.3 Å². The monoisotopic (exact) mass is 321 g/mol. The summed E-state index contributed by atoms with van der Waals surface area (Å²) in [4.78, 5) is 23.9. The molecule has 4 aliphatic carbocycles. The summed E-state index contributed by atoms with van der Waals surface area (Å²) in [6.45, 7) is 2.58. The van der Waals surface area contributed by atoms with E-state index in [1.54, 1.807) is 0 Å². The normalized spacial score (nSPS) is 34.4. The maximum absolute atomic E-state index is 12.3. The molecule has 4 rings (SSSR count). The van der Waals surface area contributed by atoms with Gasteiger partial charge in [-0.1, -0.05) is 13.3 Å². The molecule has 4 heteroatoms. The molecule has 0 aromatic carbocycles. The maximum Gasteiger partial charge on any atom is 0.305 e. The number of amides is 1. The van der Waals surface area contributed by atoms with Crippen molar-refractivity contribution in [2.75, 3.05) is 6.61 Å². The lowest BCUT2D eigenvalue weighted by molar-refractivity contribution is -0.143. The molecule has 0 atom stereocenters. The van der Waals surface area contributed by atoms with Crippen molar-refractivity contribution in [1.29, 1.82) is 0 Å². The van der Waals surface area contributed by atoms with Gasteiger partial charge in [0.25, 0.3) is 0 Å². The lowest BCUT2D eigenvalue weighted by atomic mass is 9.53. The molecule has 0 radical (unpaired) electrons. The van der Waals surface area contributed by atoms with Crippen LogP contribution in [0.2, 0.25) is 0 Å². The van der Waals surface area contributed by atoms with Crippen molar-refractivity contribution >= 4 is 11.9 Å². The first-order valence-electron chi connectivity index (χ1n) is 9.55. The van der Waals surface area contributed by atoms with Gasteiger partial charge >= 0.3 is 5.97 Å². The Bertz CT molecular complexity index is 411. The Labute approximate surface area is 139 Å². The van der Waals surface area contributed by atoms with Crippen LogP contribution < -0.4 is 5.32 Å². The van der Waals surface area contributed by atoms with E-state index in [0.29, 0.717) is 25.9 Å². The lowest BCUT2D eigenvalue weighted by Gasteiger charge is -2.56. The third kappa shape index (κ3) is 4.27. The summed E-state index contributed by atoms with van der Waals surface area (Å²) < 4.78 is 5.13. The number of ether oxygens (including phenoxy) is 1. The Kier molecular flexibility index (Phi) is 5.27. The third-order valence-corrected chi connectivity index (χ3v) is 5.99. The van der Waals surface area contributed by atoms with E-state index in [4.69, 9.17) is 4.74 Å². The van der Waals surface area contributed by atoms with E-state index in [0.717, 1.165) is 30.6 Å². The zero-order valence-electron chi connectivity index (χ0n) is 14.4. The molecule has 0 heterocycles. The van der Waals surface area contributed by atoms with Crippen LogP contribution in [0, 0.1) is 17.8 Å². The molecule has 0 aromatic rings. The molecule has 0 spiro atoms.